The number of nitrogens with one attached hydrogen (secondary N) is 1. The summed E-state index contributed by atoms with van der Waals surface area (Å²) < 4.78 is 5.13. The first-order valence-corrected chi connectivity index (χ1v) is 10.1. The zero-order valence-electron chi connectivity index (χ0n) is 17.3. The van der Waals surface area contributed by atoms with Crippen LogP contribution in [0.5, 0.6) is 0 Å². The van der Waals surface area contributed by atoms with E-state index >= 15 is 0 Å². The number of piperidine rings is 2. The number of nitrogens with two attached hydrogens (primary N) is 1. The van der Waals surface area contributed by atoms with Crippen molar-refractivity contribution in [3.8, 4) is 0 Å². The van der Waals surface area contributed by atoms with E-state index in [1.807, 2.05) is 13.8 Å². The number of ether oxygens (including phenoxy) is 1. The van der Waals surface area contributed by atoms with E-state index in [2.05, 4.69) is 12.2 Å². The third-order valence-electron chi connectivity index (χ3n) is 6.45. The fourth-order valence-electron chi connectivity index (χ4n) is 4.74. The lowest BCUT2D eigenvalue weighted by molar-refractivity contribution is -0.173. The zero-order chi connectivity index (χ0) is 20.4. The highest BCUT2D eigenvalue weighted by atomic mass is 16.5. The number of esters is 1. The van der Waals surface area contributed by atoms with Crippen molar-refractivity contribution in [2.45, 2.75) is 96.8 Å². The third-order valence-corrected chi connectivity index (χ3v) is 6.45. The van der Waals surface area contributed by atoms with Gasteiger partial charge in [0.25, 0.3) is 0 Å². The summed E-state index contributed by atoms with van der Waals surface area (Å²) in [5.74, 6) is -0.958. The second-order valence-corrected chi connectivity index (χ2v) is 8.65. The lowest BCUT2D eigenvalue weighted by Crippen LogP contribution is -2.72. The Kier molecular flexibility index (Phi) is 6.55. The van der Waals surface area contributed by atoms with Gasteiger partial charge in [0.1, 0.15) is 12.1 Å². The van der Waals surface area contributed by atoms with Gasteiger partial charge in [0.2, 0.25) is 11.8 Å². The number of amides is 2. The standard InChI is InChI=1S/C20H35N3O4/c1-6-8-14(18(26)27-7-2)22-13(3)17(25)23-15(16(21)24)19(4)9-11-20(23,5)12-10-19/h13-15,22H,6-12H2,1-5H3,(H2,21,24)/t13?,14-,15+,19?,20?/m0/s1. The Morgan fingerprint density at radius 1 is 1.19 bits per heavy atom. The lowest BCUT2D eigenvalue weighted by atomic mass is 9.58. The zero-order valence-corrected chi connectivity index (χ0v) is 17.3. The summed E-state index contributed by atoms with van der Waals surface area (Å²) in [5, 5.41) is 3.13. The Bertz CT molecular complexity index is 584. The predicted molar refractivity (Wildman–Crippen MR) is 103 cm³/mol. The van der Waals surface area contributed by atoms with Crippen molar-refractivity contribution < 1.29 is 19.1 Å². The summed E-state index contributed by atoms with van der Waals surface area (Å²) in [6.07, 6.45) is 4.89. The van der Waals surface area contributed by atoms with E-state index in [4.69, 9.17) is 10.5 Å². The molecular weight excluding hydrogens is 346 g/mol. The Balaban J connectivity index is 2.22. The summed E-state index contributed by atoms with van der Waals surface area (Å²) in [6.45, 7) is 9.89. The van der Waals surface area contributed by atoms with E-state index in [9.17, 15) is 14.4 Å². The highest BCUT2D eigenvalue weighted by molar-refractivity contribution is 5.91. The molecule has 154 valence electrons. The van der Waals surface area contributed by atoms with Crippen LogP contribution in [0.2, 0.25) is 0 Å². The van der Waals surface area contributed by atoms with E-state index in [1.54, 1.807) is 18.7 Å². The highest BCUT2D eigenvalue weighted by Gasteiger charge is 2.59. The fourth-order valence-corrected chi connectivity index (χ4v) is 4.74. The third kappa shape index (κ3) is 4.13. The molecule has 0 radical (unpaired) electrons. The molecule has 7 nitrogen and oxygen atoms in total. The first-order chi connectivity index (χ1) is 12.6. The Morgan fingerprint density at radius 2 is 1.78 bits per heavy atom. The van der Waals surface area contributed by atoms with Crippen molar-refractivity contribution in [2.75, 3.05) is 6.61 Å². The minimum atomic E-state index is -0.604. The Hall–Kier alpha value is -1.63. The molecule has 0 aromatic heterocycles. The van der Waals surface area contributed by atoms with E-state index in [0.29, 0.717) is 13.0 Å². The van der Waals surface area contributed by atoms with Crippen molar-refractivity contribution in [1.82, 2.24) is 10.2 Å². The first kappa shape index (κ1) is 21.7. The maximum Gasteiger partial charge on any atom is 0.323 e. The van der Waals surface area contributed by atoms with Crippen molar-refractivity contribution in [3.05, 3.63) is 0 Å². The Morgan fingerprint density at radius 3 is 2.26 bits per heavy atom. The molecule has 7 heteroatoms. The van der Waals surface area contributed by atoms with Crippen LogP contribution in [0, 0.1) is 5.41 Å². The normalized spacial score (nSPS) is 32.0. The van der Waals surface area contributed by atoms with Gasteiger partial charge in [0.15, 0.2) is 0 Å². The maximum atomic E-state index is 13.4. The number of rotatable bonds is 8. The van der Waals surface area contributed by atoms with Crippen molar-refractivity contribution >= 4 is 17.8 Å². The van der Waals surface area contributed by atoms with Crippen LogP contribution in [0.3, 0.4) is 0 Å². The van der Waals surface area contributed by atoms with E-state index in [0.717, 1.165) is 32.1 Å². The van der Waals surface area contributed by atoms with Crippen LogP contribution in [0.4, 0.5) is 0 Å². The van der Waals surface area contributed by atoms with Crippen LogP contribution >= 0.6 is 0 Å². The van der Waals surface area contributed by atoms with E-state index in [-0.39, 0.29) is 22.8 Å². The second-order valence-electron chi connectivity index (χ2n) is 8.65. The molecule has 0 aromatic carbocycles. The molecule has 0 spiro atoms. The summed E-state index contributed by atoms with van der Waals surface area (Å²) >= 11 is 0. The van der Waals surface area contributed by atoms with Crippen LogP contribution < -0.4 is 11.1 Å². The van der Waals surface area contributed by atoms with Gasteiger partial charge in [-0.2, -0.15) is 0 Å². The van der Waals surface area contributed by atoms with Crippen LogP contribution in [0.15, 0.2) is 0 Å². The molecule has 3 rings (SSSR count). The number of hydrogen-bond donors (Lipinski definition) is 2. The predicted octanol–water partition coefficient (Wildman–Crippen LogP) is 1.73. The molecule has 3 N–H and O–H groups in total. The molecule has 3 fully saturated rings. The molecule has 2 saturated heterocycles. The van der Waals surface area contributed by atoms with Gasteiger partial charge in [0, 0.05) is 5.54 Å². The SMILES string of the molecule is CCC[C@H](NC(C)C(=O)N1[C@H](C(N)=O)C2(C)CCC1(C)CC2)C(=O)OCC. The summed E-state index contributed by atoms with van der Waals surface area (Å²) in [4.78, 5) is 39.6. The summed E-state index contributed by atoms with van der Waals surface area (Å²) in [7, 11) is 0. The number of carbonyl (C=O) groups is 3. The average molecular weight is 382 g/mol. The molecule has 2 heterocycles. The summed E-state index contributed by atoms with van der Waals surface area (Å²) in [5.41, 5.74) is 5.09. The van der Waals surface area contributed by atoms with E-state index < -0.39 is 24.0 Å². The molecule has 2 amide bonds. The van der Waals surface area contributed by atoms with Crippen molar-refractivity contribution in [1.29, 1.82) is 0 Å². The smallest absolute Gasteiger partial charge is 0.323 e. The van der Waals surface area contributed by atoms with Crippen LogP contribution in [-0.4, -0.2) is 53.0 Å². The first-order valence-electron chi connectivity index (χ1n) is 10.1. The van der Waals surface area contributed by atoms with Crippen molar-refractivity contribution in [2.24, 2.45) is 11.1 Å². The number of primary amides is 1. The molecule has 3 aliphatic rings. The fraction of sp³-hybridized carbons (Fsp3) is 0.850. The largest absolute Gasteiger partial charge is 0.465 e. The monoisotopic (exact) mass is 381 g/mol. The molecule has 2 bridgehead atoms. The van der Waals surface area contributed by atoms with Gasteiger partial charge < -0.3 is 15.4 Å². The minimum Gasteiger partial charge on any atom is -0.465 e. The molecule has 1 saturated carbocycles. The van der Waals surface area contributed by atoms with E-state index in [1.165, 1.54) is 0 Å². The van der Waals surface area contributed by atoms with Gasteiger partial charge in [-0.1, -0.05) is 20.3 Å². The molecule has 1 unspecified atom stereocenters. The molecule has 2 aliphatic heterocycles. The molecular formula is C20H35N3O4. The lowest BCUT2D eigenvalue weighted by Gasteiger charge is -2.61. The Labute approximate surface area is 162 Å². The van der Waals surface area contributed by atoms with Gasteiger partial charge >= 0.3 is 5.97 Å². The number of fused-ring (bicyclic) bond motifs is 3. The van der Waals surface area contributed by atoms with Gasteiger partial charge in [-0.25, -0.2) is 0 Å². The summed E-state index contributed by atoms with van der Waals surface area (Å²) in [6, 6.07) is -1.74. The maximum absolute atomic E-state index is 13.4. The van der Waals surface area contributed by atoms with Crippen molar-refractivity contribution in [3.63, 3.8) is 0 Å². The number of carbonyl (C=O) groups excluding carboxylic acids is 3. The number of hydrogen-bond acceptors (Lipinski definition) is 5. The molecule has 3 atom stereocenters. The average Bonchev–Trinajstić information content (AvgIpc) is 2.61. The highest BCUT2D eigenvalue weighted by Crippen LogP contribution is 2.53. The van der Waals surface area contributed by atoms with Gasteiger partial charge in [-0.3, -0.25) is 19.7 Å². The quantitative estimate of drug-likeness (QED) is 0.624. The molecule has 1 aliphatic carbocycles. The minimum absolute atomic E-state index is 0.169. The van der Waals surface area contributed by atoms with Crippen LogP contribution in [0.25, 0.3) is 0 Å². The molecule has 0 aromatic rings. The van der Waals surface area contributed by atoms with Gasteiger partial charge in [-0.05, 0) is 58.3 Å². The van der Waals surface area contributed by atoms with Gasteiger partial charge in [0.05, 0.1) is 12.6 Å². The van der Waals surface area contributed by atoms with Crippen LogP contribution in [-0.2, 0) is 19.1 Å². The van der Waals surface area contributed by atoms with Crippen LogP contribution in [0.1, 0.15) is 73.1 Å². The second kappa shape index (κ2) is 8.17. The van der Waals surface area contributed by atoms with Gasteiger partial charge in [-0.15, -0.1) is 0 Å². The molecule has 27 heavy (non-hydrogen) atoms. The number of nitrogens with zero attached hydrogens (tertiary/aromatic N) is 1. The topological polar surface area (TPSA) is 102 Å².